The largest absolute Gasteiger partial charge is 0.423 e. The van der Waals surface area contributed by atoms with E-state index in [-0.39, 0.29) is 0 Å². The van der Waals surface area contributed by atoms with Crippen LogP contribution in [0.25, 0.3) is 11.1 Å². The number of aromatic nitrogens is 1. The molecule has 2 heterocycles. The molecule has 2 unspecified atom stereocenters. The second-order valence-electron chi connectivity index (χ2n) is 5.24. The maximum Gasteiger partial charge on any atom is 0.298 e. The maximum absolute atomic E-state index is 5.92. The van der Waals surface area contributed by atoms with Crippen LogP contribution >= 0.6 is 0 Å². The zero-order valence-corrected chi connectivity index (χ0v) is 10.9. The number of nitrogens with zero attached hydrogens (tertiary/aromatic N) is 2. The van der Waals surface area contributed by atoms with Crippen molar-refractivity contribution in [1.82, 2.24) is 4.98 Å². The first-order valence-corrected chi connectivity index (χ1v) is 6.58. The number of nitrogens with two attached hydrogens (primary N) is 1. The SMILES string of the molecule is CC1CCCN(c2nc3c(N)cccc3o2)C1C. The molecule has 1 saturated heterocycles. The van der Waals surface area contributed by atoms with Crippen LogP contribution in [-0.4, -0.2) is 17.6 Å². The van der Waals surface area contributed by atoms with Gasteiger partial charge in [0.05, 0.1) is 5.69 Å². The van der Waals surface area contributed by atoms with Gasteiger partial charge in [0, 0.05) is 12.6 Å². The van der Waals surface area contributed by atoms with E-state index >= 15 is 0 Å². The monoisotopic (exact) mass is 245 g/mol. The second kappa shape index (κ2) is 4.19. The molecule has 0 aliphatic carbocycles. The molecule has 1 aromatic heterocycles. The molecule has 4 nitrogen and oxygen atoms in total. The molecule has 18 heavy (non-hydrogen) atoms. The normalized spacial score (nSPS) is 24.7. The van der Waals surface area contributed by atoms with Gasteiger partial charge in [-0.25, -0.2) is 0 Å². The first-order chi connectivity index (χ1) is 8.66. The quantitative estimate of drug-likeness (QED) is 0.785. The molecule has 2 atom stereocenters. The fourth-order valence-corrected chi connectivity index (χ4v) is 2.69. The molecular formula is C14H19N3O. The van der Waals surface area contributed by atoms with Gasteiger partial charge >= 0.3 is 0 Å². The van der Waals surface area contributed by atoms with Crippen LogP contribution in [0.3, 0.4) is 0 Å². The van der Waals surface area contributed by atoms with Crippen molar-refractivity contribution in [2.75, 3.05) is 17.2 Å². The van der Waals surface area contributed by atoms with Crippen molar-refractivity contribution in [2.24, 2.45) is 5.92 Å². The Morgan fingerprint density at radius 1 is 1.39 bits per heavy atom. The van der Waals surface area contributed by atoms with E-state index in [9.17, 15) is 0 Å². The number of benzene rings is 1. The lowest BCUT2D eigenvalue weighted by Gasteiger charge is -2.36. The smallest absolute Gasteiger partial charge is 0.298 e. The van der Waals surface area contributed by atoms with Crippen LogP contribution in [0.15, 0.2) is 22.6 Å². The van der Waals surface area contributed by atoms with E-state index in [0.717, 1.165) is 17.6 Å². The molecular weight excluding hydrogens is 226 g/mol. The summed E-state index contributed by atoms with van der Waals surface area (Å²) in [4.78, 5) is 6.81. The highest BCUT2D eigenvalue weighted by molar-refractivity contribution is 5.86. The molecule has 4 heteroatoms. The minimum Gasteiger partial charge on any atom is -0.423 e. The van der Waals surface area contributed by atoms with E-state index in [2.05, 4.69) is 23.7 Å². The number of oxazole rings is 1. The van der Waals surface area contributed by atoms with Gasteiger partial charge < -0.3 is 15.1 Å². The number of anilines is 2. The second-order valence-corrected chi connectivity index (χ2v) is 5.24. The minimum absolute atomic E-state index is 0.466. The minimum atomic E-state index is 0.466. The molecule has 0 bridgehead atoms. The highest BCUT2D eigenvalue weighted by Crippen LogP contribution is 2.31. The number of rotatable bonds is 1. The zero-order valence-electron chi connectivity index (χ0n) is 10.9. The Labute approximate surface area is 107 Å². The van der Waals surface area contributed by atoms with Gasteiger partial charge in [-0.1, -0.05) is 13.0 Å². The standard InChI is InChI=1S/C14H19N3O/c1-9-5-4-8-17(10(9)2)14-16-13-11(15)6-3-7-12(13)18-14/h3,6-7,9-10H,4-5,8,15H2,1-2H3. The Morgan fingerprint density at radius 2 is 2.22 bits per heavy atom. The van der Waals surface area contributed by atoms with Crippen LogP contribution < -0.4 is 10.6 Å². The van der Waals surface area contributed by atoms with Crippen molar-refractivity contribution in [1.29, 1.82) is 0 Å². The summed E-state index contributed by atoms with van der Waals surface area (Å²) >= 11 is 0. The molecule has 1 aliphatic heterocycles. The lowest BCUT2D eigenvalue weighted by atomic mass is 9.92. The summed E-state index contributed by atoms with van der Waals surface area (Å²) in [6.45, 7) is 5.54. The third-order valence-corrected chi connectivity index (χ3v) is 4.06. The third kappa shape index (κ3) is 1.72. The van der Waals surface area contributed by atoms with E-state index < -0.39 is 0 Å². The van der Waals surface area contributed by atoms with Crippen molar-refractivity contribution in [3.05, 3.63) is 18.2 Å². The zero-order chi connectivity index (χ0) is 12.7. The molecule has 1 aliphatic rings. The van der Waals surface area contributed by atoms with Crippen LogP contribution in [0.1, 0.15) is 26.7 Å². The van der Waals surface area contributed by atoms with Crippen molar-refractivity contribution in [2.45, 2.75) is 32.7 Å². The first kappa shape index (κ1) is 11.4. The summed E-state index contributed by atoms with van der Waals surface area (Å²) < 4.78 is 5.84. The molecule has 96 valence electrons. The molecule has 0 spiro atoms. The number of hydrogen-bond acceptors (Lipinski definition) is 4. The van der Waals surface area contributed by atoms with Gasteiger partial charge in [0.2, 0.25) is 0 Å². The fraction of sp³-hybridized carbons (Fsp3) is 0.500. The summed E-state index contributed by atoms with van der Waals surface area (Å²) in [5.74, 6) is 0.672. The highest BCUT2D eigenvalue weighted by Gasteiger charge is 2.28. The number of hydrogen-bond donors (Lipinski definition) is 1. The molecule has 0 amide bonds. The lowest BCUT2D eigenvalue weighted by molar-refractivity contribution is 0.345. The molecule has 1 fully saturated rings. The van der Waals surface area contributed by atoms with E-state index in [0.29, 0.717) is 23.7 Å². The Kier molecular flexibility index (Phi) is 2.65. The van der Waals surface area contributed by atoms with Gasteiger partial charge in [0.1, 0.15) is 5.52 Å². The Hall–Kier alpha value is -1.71. The number of fused-ring (bicyclic) bond motifs is 1. The molecule has 2 N–H and O–H groups in total. The van der Waals surface area contributed by atoms with Crippen LogP contribution in [0, 0.1) is 5.92 Å². The molecule has 3 rings (SSSR count). The van der Waals surface area contributed by atoms with Crippen molar-refractivity contribution < 1.29 is 4.42 Å². The van der Waals surface area contributed by atoms with Gasteiger partial charge in [-0.15, -0.1) is 0 Å². The molecule has 0 radical (unpaired) electrons. The molecule has 2 aromatic rings. The molecule has 1 aromatic carbocycles. The fourth-order valence-electron chi connectivity index (χ4n) is 2.69. The average molecular weight is 245 g/mol. The Bertz CT molecular complexity index is 563. The van der Waals surface area contributed by atoms with E-state index in [1.54, 1.807) is 0 Å². The van der Waals surface area contributed by atoms with Gasteiger partial charge in [-0.2, -0.15) is 4.98 Å². The summed E-state index contributed by atoms with van der Waals surface area (Å²) in [6.07, 6.45) is 2.47. The number of piperidine rings is 1. The van der Waals surface area contributed by atoms with Crippen molar-refractivity contribution >= 4 is 22.8 Å². The summed E-state index contributed by atoms with van der Waals surface area (Å²) in [5, 5.41) is 0. The van der Waals surface area contributed by atoms with E-state index in [1.165, 1.54) is 12.8 Å². The van der Waals surface area contributed by atoms with Gasteiger partial charge in [0.25, 0.3) is 6.01 Å². The lowest BCUT2D eigenvalue weighted by Crippen LogP contribution is -2.42. The maximum atomic E-state index is 5.92. The number of para-hydroxylation sites is 1. The number of nitrogen functional groups attached to an aromatic ring is 1. The average Bonchev–Trinajstić information content (AvgIpc) is 2.78. The summed E-state index contributed by atoms with van der Waals surface area (Å²) in [6, 6.07) is 6.85. The highest BCUT2D eigenvalue weighted by atomic mass is 16.4. The van der Waals surface area contributed by atoms with Crippen molar-refractivity contribution in [3.8, 4) is 0 Å². The predicted molar refractivity (Wildman–Crippen MR) is 73.6 cm³/mol. The van der Waals surface area contributed by atoms with Gasteiger partial charge in [0.15, 0.2) is 5.58 Å². The third-order valence-electron chi connectivity index (χ3n) is 4.06. The van der Waals surface area contributed by atoms with Crippen LogP contribution in [-0.2, 0) is 0 Å². The van der Waals surface area contributed by atoms with Crippen molar-refractivity contribution in [3.63, 3.8) is 0 Å². The first-order valence-electron chi connectivity index (χ1n) is 6.58. The predicted octanol–water partition coefficient (Wildman–Crippen LogP) is 3.03. The van der Waals surface area contributed by atoms with Gasteiger partial charge in [-0.05, 0) is 37.8 Å². The molecule has 0 saturated carbocycles. The van der Waals surface area contributed by atoms with Crippen LogP contribution in [0.2, 0.25) is 0 Å². The Balaban J connectivity index is 2.01. The summed E-state index contributed by atoms with van der Waals surface area (Å²) in [5.41, 5.74) is 8.15. The van der Waals surface area contributed by atoms with Gasteiger partial charge in [-0.3, -0.25) is 0 Å². The topological polar surface area (TPSA) is 55.3 Å². The summed E-state index contributed by atoms with van der Waals surface area (Å²) in [7, 11) is 0. The Morgan fingerprint density at radius 3 is 3.00 bits per heavy atom. The van der Waals surface area contributed by atoms with Crippen LogP contribution in [0.5, 0.6) is 0 Å². The van der Waals surface area contributed by atoms with E-state index in [4.69, 9.17) is 10.2 Å². The van der Waals surface area contributed by atoms with E-state index in [1.807, 2.05) is 18.2 Å². The van der Waals surface area contributed by atoms with Crippen LogP contribution in [0.4, 0.5) is 11.7 Å².